The Morgan fingerprint density at radius 1 is 1.05 bits per heavy atom. The van der Waals surface area contributed by atoms with Gasteiger partial charge in [0.2, 0.25) is 0 Å². The molecule has 0 fully saturated rings. The lowest BCUT2D eigenvalue weighted by molar-refractivity contribution is 0.631. The van der Waals surface area contributed by atoms with Crippen LogP contribution in [-0.4, -0.2) is 10.2 Å². The lowest BCUT2D eigenvalue weighted by atomic mass is 10.2. The van der Waals surface area contributed by atoms with Crippen LogP contribution in [0.3, 0.4) is 0 Å². The summed E-state index contributed by atoms with van der Waals surface area (Å²) in [5.74, 6) is 0.0935. The van der Waals surface area contributed by atoms with Gasteiger partial charge < -0.3 is 5.32 Å². The second kappa shape index (κ2) is 5.34. The maximum Gasteiger partial charge on any atom is 0.161 e. The highest BCUT2D eigenvalue weighted by molar-refractivity contribution is 9.10. The number of hydrogen-bond donors (Lipinski definition) is 1. The monoisotopic (exact) mass is 351 g/mol. The standard InChI is InChI=1S/C14H8BrClFN3/c15-8-5-6-11(17)12(7-8)18-14-10-4-2-1-3-9(10)13(16)19-20-14/h1-7H,(H,18,20). The van der Waals surface area contributed by atoms with Crippen LogP contribution in [0.2, 0.25) is 5.15 Å². The first-order chi connectivity index (χ1) is 9.65. The predicted octanol–water partition coefficient (Wildman–Crippen LogP) is 4.93. The Morgan fingerprint density at radius 3 is 2.60 bits per heavy atom. The van der Waals surface area contributed by atoms with Crippen molar-refractivity contribution >= 4 is 49.8 Å². The van der Waals surface area contributed by atoms with E-state index in [2.05, 4.69) is 31.4 Å². The number of benzene rings is 2. The van der Waals surface area contributed by atoms with Crippen molar-refractivity contribution in [2.45, 2.75) is 0 Å². The van der Waals surface area contributed by atoms with Crippen molar-refractivity contribution in [3.05, 3.63) is 57.9 Å². The van der Waals surface area contributed by atoms with Crippen LogP contribution in [0.25, 0.3) is 10.8 Å². The van der Waals surface area contributed by atoms with Gasteiger partial charge in [-0.15, -0.1) is 10.2 Å². The van der Waals surface area contributed by atoms with Gasteiger partial charge in [0.25, 0.3) is 0 Å². The molecule has 0 saturated heterocycles. The highest BCUT2D eigenvalue weighted by Crippen LogP contribution is 2.29. The quantitative estimate of drug-likeness (QED) is 0.711. The summed E-state index contributed by atoms with van der Waals surface area (Å²) in [6.45, 7) is 0. The Hall–Kier alpha value is -1.72. The number of nitrogens with zero attached hydrogens (tertiary/aromatic N) is 2. The van der Waals surface area contributed by atoms with Crippen LogP contribution in [-0.2, 0) is 0 Å². The summed E-state index contributed by atoms with van der Waals surface area (Å²) < 4.78 is 14.5. The number of halogens is 3. The van der Waals surface area contributed by atoms with Crippen molar-refractivity contribution in [2.24, 2.45) is 0 Å². The summed E-state index contributed by atoms with van der Waals surface area (Å²) in [5.41, 5.74) is 0.321. The number of nitrogens with one attached hydrogen (secondary N) is 1. The average Bonchev–Trinajstić information content (AvgIpc) is 2.46. The molecule has 3 nitrogen and oxygen atoms in total. The molecule has 0 bridgehead atoms. The van der Waals surface area contributed by atoms with E-state index in [1.807, 2.05) is 24.3 Å². The third-order valence-corrected chi connectivity index (χ3v) is 3.60. The van der Waals surface area contributed by atoms with Crippen LogP contribution in [0.5, 0.6) is 0 Å². The van der Waals surface area contributed by atoms with E-state index < -0.39 is 0 Å². The van der Waals surface area contributed by atoms with Crippen molar-refractivity contribution in [1.29, 1.82) is 0 Å². The summed E-state index contributed by atoms with van der Waals surface area (Å²) >= 11 is 9.31. The molecule has 3 rings (SSSR count). The van der Waals surface area contributed by atoms with Crippen molar-refractivity contribution in [2.75, 3.05) is 5.32 Å². The van der Waals surface area contributed by atoms with E-state index in [0.29, 0.717) is 16.7 Å². The van der Waals surface area contributed by atoms with E-state index in [-0.39, 0.29) is 5.82 Å². The Labute approximate surface area is 127 Å². The molecule has 0 amide bonds. The minimum atomic E-state index is -0.367. The first-order valence-corrected chi connectivity index (χ1v) is 6.95. The molecule has 2 aromatic carbocycles. The summed E-state index contributed by atoms with van der Waals surface area (Å²) in [4.78, 5) is 0. The first kappa shape index (κ1) is 13.3. The van der Waals surface area contributed by atoms with E-state index in [0.717, 1.165) is 15.2 Å². The van der Waals surface area contributed by atoms with Crippen LogP contribution < -0.4 is 5.32 Å². The van der Waals surface area contributed by atoms with Gasteiger partial charge in [-0.3, -0.25) is 0 Å². The van der Waals surface area contributed by atoms with Crippen LogP contribution >= 0.6 is 27.5 Å². The summed E-state index contributed by atoms with van der Waals surface area (Å²) in [5, 5.41) is 12.7. The van der Waals surface area contributed by atoms with Gasteiger partial charge >= 0.3 is 0 Å². The number of hydrogen-bond acceptors (Lipinski definition) is 3. The van der Waals surface area contributed by atoms with Gasteiger partial charge in [-0.1, -0.05) is 51.8 Å². The maximum atomic E-state index is 13.8. The normalized spacial score (nSPS) is 10.8. The molecule has 6 heteroatoms. The van der Waals surface area contributed by atoms with Crippen LogP contribution in [0.15, 0.2) is 46.9 Å². The molecule has 1 N–H and O–H groups in total. The highest BCUT2D eigenvalue weighted by atomic mass is 79.9. The van der Waals surface area contributed by atoms with Gasteiger partial charge in [0.05, 0.1) is 5.69 Å². The van der Waals surface area contributed by atoms with Gasteiger partial charge in [-0.2, -0.15) is 0 Å². The third kappa shape index (κ3) is 2.46. The number of anilines is 2. The van der Waals surface area contributed by atoms with Crippen LogP contribution in [0.1, 0.15) is 0 Å². The lowest BCUT2D eigenvalue weighted by Crippen LogP contribution is -1.99. The molecule has 0 aliphatic carbocycles. The van der Waals surface area contributed by atoms with Gasteiger partial charge in [0, 0.05) is 15.2 Å². The molecule has 20 heavy (non-hydrogen) atoms. The largest absolute Gasteiger partial charge is 0.336 e. The van der Waals surface area contributed by atoms with E-state index in [9.17, 15) is 4.39 Å². The van der Waals surface area contributed by atoms with Crippen LogP contribution in [0, 0.1) is 5.82 Å². The minimum Gasteiger partial charge on any atom is -0.336 e. The molecule has 0 aliphatic rings. The van der Waals surface area contributed by atoms with Crippen molar-refractivity contribution < 1.29 is 4.39 Å². The van der Waals surface area contributed by atoms with E-state index in [1.165, 1.54) is 6.07 Å². The fourth-order valence-corrected chi connectivity index (χ4v) is 2.45. The van der Waals surface area contributed by atoms with Crippen LogP contribution in [0.4, 0.5) is 15.9 Å². The summed E-state index contributed by atoms with van der Waals surface area (Å²) in [6.07, 6.45) is 0. The summed E-state index contributed by atoms with van der Waals surface area (Å²) in [6, 6.07) is 12.1. The molecular formula is C14H8BrClFN3. The van der Waals surface area contributed by atoms with Crippen molar-refractivity contribution in [3.8, 4) is 0 Å². The smallest absolute Gasteiger partial charge is 0.161 e. The van der Waals surface area contributed by atoms with E-state index >= 15 is 0 Å². The molecule has 0 spiro atoms. The number of aromatic nitrogens is 2. The van der Waals surface area contributed by atoms with E-state index in [1.54, 1.807) is 12.1 Å². The fraction of sp³-hybridized carbons (Fsp3) is 0. The Kier molecular flexibility index (Phi) is 3.54. The maximum absolute atomic E-state index is 13.8. The second-order valence-electron chi connectivity index (χ2n) is 4.13. The zero-order chi connectivity index (χ0) is 14.1. The molecule has 1 heterocycles. The van der Waals surface area contributed by atoms with Crippen molar-refractivity contribution in [3.63, 3.8) is 0 Å². The molecule has 0 atom stereocenters. The minimum absolute atomic E-state index is 0.320. The second-order valence-corrected chi connectivity index (χ2v) is 5.41. The topological polar surface area (TPSA) is 37.8 Å². The Morgan fingerprint density at radius 2 is 1.80 bits per heavy atom. The zero-order valence-corrected chi connectivity index (χ0v) is 12.4. The lowest BCUT2D eigenvalue weighted by Gasteiger charge is -2.09. The molecule has 0 saturated carbocycles. The number of rotatable bonds is 2. The molecule has 0 aliphatic heterocycles. The molecule has 1 aromatic heterocycles. The Balaban J connectivity index is 2.11. The third-order valence-electron chi connectivity index (χ3n) is 2.82. The van der Waals surface area contributed by atoms with Gasteiger partial charge in [0.1, 0.15) is 5.82 Å². The van der Waals surface area contributed by atoms with Gasteiger partial charge in [-0.05, 0) is 18.2 Å². The zero-order valence-electron chi connectivity index (χ0n) is 10.1. The predicted molar refractivity (Wildman–Crippen MR) is 81.9 cm³/mol. The molecule has 3 aromatic rings. The fourth-order valence-electron chi connectivity index (χ4n) is 1.88. The Bertz CT molecular complexity index is 794. The molecule has 0 unspecified atom stereocenters. The SMILES string of the molecule is Fc1ccc(Br)cc1Nc1nnc(Cl)c2ccccc12. The highest BCUT2D eigenvalue weighted by Gasteiger charge is 2.10. The summed E-state index contributed by atoms with van der Waals surface area (Å²) in [7, 11) is 0. The van der Waals surface area contributed by atoms with Crippen molar-refractivity contribution in [1.82, 2.24) is 10.2 Å². The first-order valence-electron chi connectivity index (χ1n) is 5.78. The van der Waals surface area contributed by atoms with E-state index in [4.69, 9.17) is 11.6 Å². The molecule has 100 valence electrons. The van der Waals surface area contributed by atoms with Gasteiger partial charge in [0.15, 0.2) is 11.0 Å². The van der Waals surface area contributed by atoms with Gasteiger partial charge in [-0.25, -0.2) is 4.39 Å². The molecule has 0 radical (unpaired) electrons. The number of fused-ring (bicyclic) bond motifs is 1. The molecular weight excluding hydrogens is 345 g/mol. The average molecular weight is 353 g/mol.